The lowest BCUT2D eigenvalue weighted by Gasteiger charge is -2.07. The molecule has 0 atom stereocenters. The van der Waals surface area contributed by atoms with Crippen LogP contribution in [0.1, 0.15) is 10.4 Å². The Labute approximate surface area is 107 Å². The number of hydrogen-bond donors (Lipinski definition) is 3. The molecule has 0 aliphatic carbocycles. The standard InChI is InChI=1S/C13H10F2N2O2/c14-10-6-11(15)12(16)5-9(10)13(19)17-7-2-1-3-8(18)4-7/h1-6,18H,16H2,(H,17,19). The number of phenolic OH excluding ortho intramolecular Hbond substituents is 1. The fraction of sp³-hybridized carbons (Fsp3) is 0. The number of benzene rings is 2. The third-order valence-electron chi connectivity index (χ3n) is 2.44. The molecule has 0 unspecified atom stereocenters. The first-order chi connectivity index (χ1) is 8.97. The van der Waals surface area contributed by atoms with Crippen LogP contribution < -0.4 is 11.1 Å². The number of carbonyl (C=O) groups excluding carboxylic acids is 1. The Bertz CT molecular complexity index is 645. The molecule has 98 valence electrons. The Morgan fingerprint density at radius 1 is 1.16 bits per heavy atom. The molecule has 0 aromatic heterocycles. The van der Waals surface area contributed by atoms with Crippen LogP contribution in [0.15, 0.2) is 36.4 Å². The van der Waals surface area contributed by atoms with Gasteiger partial charge in [0.1, 0.15) is 17.4 Å². The Morgan fingerprint density at radius 2 is 1.89 bits per heavy atom. The predicted molar refractivity (Wildman–Crippen MR) is 66.8 cm³/mol. The summed E-state index contributed by atoms with van der Waals surface area (Å²) in [6.07, 6.45) is 0. The predicted octanol–water partition coefficient (Wildman–Crippen LogP) is 2.50. The van der Waals surface area contributed by atoms with Gasteiger partial charge in [-0.25, -0.2) is 8.78 Å². The number of anilines is 2. The van der Waals surface area contributed by atoms with E-state index in [-0.39, 0.29) is 22.7 Å². The maximum Gasteiger partial charge on any atom is 0.258 e. The highest BCUT2D eigenvalue weighted by molar-refractivity contribution is 6.05. The van der Waals surface area contributed by atoms with Crippen molar-refractivity contribution in [3.63, 3.8) is 0 Å². The van der Waals surface area contributed by atoms with Crippen LogP contribution >= 0.6 is 0 Å². The van der Waals surface area contributed by atoms with Crippen LogP contribution in [0.5, 0.6) is 5.75 Å². The van der Waals surface area contributed by atoms with Crippen molar-refractivity contribution in [1.29, 1.82) is 0 Å². The first kappa shape index (κ1) is 12.8. The van der Waals surface area contributed by atoms with Gasteiger partial charge in [-0.15, -0.1) is 0 Å². The van der Waals surface area contributed by atoms with Crippen molar-refractivity contribution in [3.8, 4) is 5.75 Å². The molecule has 0 aliphatic rings. The van der Waals surface area contributed by atoms with Crippen molar-refractivity contribution < 1.29 is 18.7 Å². The smallest absolute Gasteiger partial charge is 0.258 e. The van der Waals surface area contributed by atoms with E-state index in [0.29, 0.717) is 6.07 Å². The van der Waals surface area contributed by atoms with Gasteiger partial charge in [-0.3, -0.25) is 4.79 Å². The third-order valence-corrected chi connectivity index (χ3v) is 2.44. The van der Waals surface area contributed by atoms with E-state index < -0.39 is 17.5 Å². The molecule has 0 saturated heterocycles. The summed E-state index contributed by atoms with van der Waals surface area (Å²) in [7, 11) is 0. The highest BCUT2D eigenvalue weighted by Crippen LogP contribution is 2.20. The van der Waals surface area contributed by atoms with E-state index in [1.807, 2.05) is 0 Å². The Hall–Kier alpha value is -2.63. The number of halogens is 2. The van der Waals surface area contributed by atoms with E-state index in [1.54, 1.807) is 0 Å². The van der Waals surface area contributed by atoms with Gasteiger partial charge in [0.15, 0.2) is 0 Å². The molecule has 0 bridgehead atoms. The minimum absolute atomic E-state index is 0.0445. The number of nitrogens with two attached hydrogens (primary N) is 1. The minimum atomic E-state index is -1.01. The molecule has 0 aliphatic heterocycles. The van der Waals surface area contributed by atoms with Crippen molar-refractivity contribution in [2.24, 2.45) is 0 Å². The van der Waals surface area contributed by atoms with Crippen molar-refractivity contribution in [3.05, 3.63) is 53.6 Å². The zero-order valence-corrected chi connectivity index (χ0v) is 9.65. The van der Waals surface area contributed by atoms with Crippen molar-refractivity contribution >= 4 is 17.3 Å². The summed E-state index contributed by atoms with van der Waals surface area (Å²) in [6.45, 7) is 0. The first-order valence-electron chi connectivity index (χ1n) is 5.32. The monoisotopic (exact) mass is 264 g/mol. The van der Waals surface area contributed by atoms with E-state index in [1.165, 1.54) is 24.3 Å². The van der Waals surface area contributed by atoms with Crippen molar-refractivity contribution in [2.45, 2.75) is 0 Å². The summed E-state index contributed by atoms with van der Waals surface area (Å²) in [4.78, 5) is 11.8. The van der Waals surface area contributed by atoms with E-state index in [2.05, 4.69) is 5.32 Å². The molecule has 0 fully saturated rings. The first-order valence-corrected chi connectivity index (χ1v) is 5.32. The van der Waals surface area contributed by atoms with Gasteiger partial charge in [-0.05, 0) is 18.2 Å². The SMILES string of the molecule is Nc1cc(C(=O)Nc2cccc(O)c2)c(F)cc1F. The Balaban J connectivity index is 2.28. The van der Waals surface area contributed by atoms with Crippen LogP contribution in [0.2, 0.25) is 0 Å². The Kier molecular flexibility index (Phi) is 3.33. The molecular weight excluding hydrogens is 254 g/mol. The number of nitrogens with one attached hydrogen (secondary N) is 1. The fourth-order valence-electron chi connectivity index (χ4n) is 1.52. The van der Waals surface area contributed by atoms with Crippen LogP contribution in [0.25, 0.3) is 0 Å². The molecular formula is C13H10F2N2O2. The quantitative estimate of drug-likeness (QED) is 0.729. The fourth-order valence-corrected chi connectivity index (χ4v) is 1.52. The lowest BCUT2D eigenvalue weighted by Crippen LogP contribution is -2.14. The topological polar surface area (TPSA) is 75.4 Å². The molecule has 2 aromatic carbocycles. The molecule has 0 spiro atoms. The number of carbonyl (C=O) groups is 1. The molecule has 6 heteroatoms. The number of phenols is 1. The molecule has 19 heavy (non-hydrogen) atoms. The number of rotatable bonds is 2. The maximum atomic E-state index is 13.5. The number of amides is 1. The summed E-state index contributed by atoms with van der Waals surface area (Å²) in [5.74, 6) is -2.76. The van der Waals surface area contributed by atoms with Crippen molar-refractivity contribution in [1.82, 2.24) is 0 Å². The van der Waals surface area contributed by atoms with Crippen LogP contribution in [0.3, 0.4) is 0 Å². The molecule has 4 N–H and O–H groups in total. The van der Waals surface area contributed by atoms with E-state index in [9.17, 15) is 18.7 Å². The minimum Gasteiger partial charge on any atom is -0.508 e. The van der Waals surface area contributed by atoms with Gasteiger partial charge >= 0.3 is 0 Å². The molecule has 2 rings (SSSR count). The maximum absolute atomic E-state index is 13.5. The molecule has 1 amide bonds. The zero-order valence-electron chi connectivity index (χ0n) is 9.65. The van der Waals surface area contributed by atoms with Crippen LogP contribution in [-0.2, 0) is 0 Å². The average molecular weight is 264 g/mol. The normalized spacial score (nSPS) is 10.2. The summed E-state index contributed by atoms with van der Waals surface area (Å²) >= 11 is 0. The van der Waals surface area contributed by atoms with Crippen LogP contribution in [-0.4, -0.2) is 11.0 Å². The second kappa shape index (κ2) is 4.93. The van der Waals surface area contributed by atoms with Gasteiger partial charge in [-0.1, -0.05) is 6.07 Å². The summed E-state index contributed by atoms with van der Waals surface area (Å²) < 4.78 is 26.4. The van der Waals surface area contributed by atoms with E-state index >= 15 is 0 Å². The van der Waals surface area contributed by atoms with Crippen LogP contribution in [0.4, 0.5) is 20.2 Å². The number of nitrogen functional groups attached to an aromatic ring is 1. The summed E-state index contributed by atoms with van der Waals surface area (Å²) in [5.41, 5.74) is 4.88. The average Bonchev–Trinajstić information content (AvgIpc) is 2.33. The summed E-state index contributed by atoms with van der Waals surface area (Å²) in [6, 6.07) is 7.22. The second-order valence-corrected chi connectivity index (χ2v) is 3.86. The highest BCUT2D eigenvalue weighted by Gasteiger charge is 2.15. The number of hydrogen-bond acceptors (Lipinski definition) is 3. The second-order valence-electron chi connectivity index (χ2n) is 3.86. The molecule has 0 saturated carbocycles. The van der Waals surface area contributed by atoms with Gasteiger partial charge in [0.05, 0.1) is 11.3 Å². The molecule has 0 heterocycles. The van der Waals surface area contributed by atoms with Gasteiger partial charge in [0, 0.05) is 17.8 Å². The van der Waals surface area contributed by atoms with E-state index in [4.69, 9.17) is 5.73 Å². The molecule has 0 radical (unpaired) electrons. The highest BCUT2D eigenvalue weighted by atomic mass is 19.1. The van der Waals surface area contributed by atoms with Gasteiger partial charge in [0.25, 0.3) is 5.91 Å². The lowest BCUT2D eigenvalue weighted by molar-refractivity contribution is 0.102. The van der Waals surface area contributed by atoms with Gasteiger partial charge in [0.2, 0.25) is 0 Å². The van der Waals surface area contributed by atoms with Crippen LogP contribution in [0, 0.1) is 11.6 Å². The van der Waals surface area contributed by atoms with Crippen molar-refractivity contribution in [2.75, 3.05) is 11.1 Å². The molecule has 2 aromatic rings. The lowest BCUT2D eigenvalue weighted by atomic mass is 10.1. The van der Waals surface area contributed by atoms with Gasteiger partial charge < -0.3 is 16.2 Å². The largest absolute Gasteiger partial charge is 0.508 e. The van der Waals surface area contributed by atoms with E-state index in [0.717, 1.165) is 6.07 Å². The summed E-state index contributed by atoms with van der Waals surface area (Å²) in [5, 5.41) is 11.6. The zero-order chi connectivity index (χ0) is 14.0. The molecule has 4 nitrogen and oxygen atoms in total. The number of aromatic hydroxyl groups is 1. The Morgan fingerprint density at radius 3 is 2.58 bits per heavy atom. The third kappa shape index (κ3) is 2.79. The van der Waals surface area contributed by atoms with Gasteiger partial charge in [-0.2, -0.15) is 0 Å².